The van der Waals surface area contributed by atoms with Crippen LogP contribution < -0.4 is 10.6 Å². The molecule has 1 atom stereocenters. The van der Waals surface area contributed by atoms with Crippen molar-refractivity contribution in [1.29, 1.82) is 0 Å². The van der Waals surface area contributed by atoms with Crippen molar-refractivity contribution in [2.45, 2.75) is 20.3 Å². The number of aliphatic hydroxyl groups excluding tert-OH is 1. The largest absolute Gasteiger partial charge is 0.481 e. The van der Waals surface area contributed by atoms with Gasteiger partial charge < -0.3 is 20.8 Å². The molecule has 0 aromatic heterocycles. The van der Waals surface area contributed by atoms with Gasteiger partial charge in [0.15, 0.2) is 0 Å². The molecule has 6 heteroatoms. The number of hydrogen-bond donors (Lipinski definition) is 4. The summed E-state index contributed by atoms with van der Waals surface area (Å²) in [5.41, 5.74) is -0.823. The van der Waals surface area contributed by atoms with E-state index < -0.39 is 11.4 Å². The second-order valence-electron chi connectivity index (χ2n) is 3.75. The van der Waals surface area contributed by atoms with E-state index in [-0.39, 0.29) is 25.6 Å². The number of rotatable bonds is 6. The zero-order valence-electron chi connectivity index (χ0n) is 9.04. The van der Waals surface area contributed by atoms with E-state index in [4.69, 9.17) is 10.2 Å². The number of amides is 2. The Morgan fingerprint density at radius 2 is 1.93 bits per heavy atom. The summed E-state index contributed by atoms with van der Waals surface area (Å²) in [5.74, 6) is -0.996. The molecule has 88 valence electrons. The molecule has 0 bridgehead atoms. The fourth-order valence-corrected chi connectivity index (χ4v) is 1.06. The van der Waals surface area contributed by atoms with Crippen LogP contribution >= 0.6 is 0 Å². The maximum atomic E-state index is 11.0. The molecule has 0 aliphatic carbocycles. The highest BCUT2D eigenvalue weighted by Gasteiger charge is 2.27. The minimum atomic E-state index is -0.996. The molecule has 2 amide bonds. The Labute approximate surface area is 88.7 Å². The molecular formula is C9H18N2O4. The monoisotopic (exact) mass is 218 g/mol. The summed E-state index contributed by atoms with van der Waals surface area (Å²) in [6, 6.07) is -0.359. The molecule has 0 fully saturated rings. The highest BCUT2D eigenvalue weighted by atomic mass is 16.4. The molecule has 1 unspecified atom stereocenters. The number of aliphatic hydroxyl groups is 1. The molecule has 0 heterocycles. The van der Waals surface area contributed by atoms with Crippen LogP contribution in [0.4, 0.5) is 4.79 Å². The van der Waals surface area contributed by atoms with E-state index >= 15 is 0 Å². The highest BCUT2D eigenvalue weighted by Crippen LogP contribution is 2.18. The van der Waals surface area contributed by atoms with E-state index in [1.54, 1.807) is 13.8 Å². The van der Waals surface area contributed by atoms with Crippen LogP contribution in [0, 0.1) is 5.41 Å². The Kier molecular flexibility index (Phi) is 5.69. The molecule has 0 rings (SSSR count). The molecule has 0 aromatic rings. The lowest BCUT2D eigenvalue weighted by Gasteiger charge is -2.25. The van der Waals surface area contributed by atoms with Crippen LogP contribution in [0.3, 0.4) is 0 Å². The summed E-state index contributed by atoms with van der Waals surface area (Å²) in [4.78, 5) is 21.5. The maximum absolute atomic E-state index is 11.0. The molecule has 6 nitrogen and oxygen atoms in total. The Morgan fingerprint density at radius 3 is 2.33 bits per heavy atom. The number of nitrogens with one attached hydrogen (secondary N) is 2. The lowest BCUT2D eigenvalue weighted by molar-refractivity contribution is -0.140. The SMILES string of the molecule is CCNC(=O)NCC(C)(CO)CC(=O)O. The number of aliphatic carboxylic acids is 1. The Morgan fingerprint density at radius 1 is 1.33 bits per heavy atom. The topological polar surface area (TPSA) is 98.7 Å². The maximum Gasteiger partial charge on any atom is 0.314 e. The van der Waals surface area contributed by atoms with Gasteiger partial charge in [-0.3, -0.25) is 4.79 Å². The quantitative estimate of drug-likeness (QED) is 0.495. The van der Waals surface area contributed by atoms with Crippen molar-refractivity contribution in [1.82, 2.24) is 10.6 Å². The minimum absolute atomic E-state index is 0.127. The van der Waals surface area contributed by atoms with Crippen LogP contribution in [0.5, 0.6) is 0 Å². The third-order valence-electron chi connectivity index (χ3n) is 1.97. The Hall–Kier alpha value is -1.30. The van der Waals surface area contributed by atoms with Crippen molar-refractivity contribution >= 4 is 12.0 Å². The second kappa shape index (κ2) is 6.23. The number of carbonyl (C=O) groups excluding carboxylic acids is 1. The van der Waals surface area contributed by atoms with Crippen LogP contribution in [-0.2, 0) is 4.79 Å². The molecule has 0 saturated heterocycles. The zero-order chi connectivity index (χ0) is 11.9. The van der Waals surface area contributed by atoms with Crippen molar-refractivity contribution < 1.29 is 19.8 Å². The average molecular weight is 218 g/mol. The van der Waals surface area contributed by atoms with Gasteiger partial charge in [0.2, 0.25) is 0 Å². The van der Waals surface area contributed by atoms with Gasteiger partial charge in [-0.25, -0.2) is 4.79 Å². The van der Waals surface area contributed by atoms with Crippen LogP contribution in [-0.4, -0.2) is 41.9 Å². The molecule has 0 spiro atoms. The van der Waals surface area contributed by atoms with E-state index in [0.29, 0.717) is 6.54 Å². The number of carbonyl (C=O) groups is 2. The molecule has 0 aliphatic rings. The Balaban J connectivity index is 4.08. The van der Waals surface area contributed by atoms with Crippen molar-refractivity contribution in [3.8, 4) is 0 Å². The van der Waals surface area contributed by atoms with Gasteiger partial charge in [0.1, 0.15) is 0 Å². The van der Waals surface area contributed by atoms with Crippen LogP contribution in [0.1, 0.15) is 20.3 Å². The molecule has 4 N–H and O–H groups in total. The van der Waals surface area contributed by atoms with Crippen molar-refractivity contribution in [3.05, 3.63) is 0 Å². The van der Waals surface area contributed by atoms with E-state index in [1.807, 2.05) is 0 Å². The number of urea groups is 1. The molecule has 15 heavy (non-hydrogen) atoms. The van der Waals surface area contributed by atoms with E-state index in [2.05, 4.69) is 10.6 Å². The van der Waals surface area contributed by atoms with Crippen LogP contribution in [0.2, 0.25) is 0 Å². The number of carboxylic acids is 1. The van der Waals surface area contributed by atoms with Gasteiger partial charge in [0.05, 0.1) is 13.0 Å². The molecule has 0 aliphatic heterocycles. The van der Waals surface area contributed by atoms with Gasteiger partial charge in [-0.2, -0.15) is 0 Å². The van der Waals surface area contributed by atoms with Gasteiger partial charge in [0, 0.05) is 18.5 Å². The number of hydrogen-bond acceptors (Lipinski definition) is 3. The van der Waals surface area contributed by atoms with Crippen molar-refractivity contribution in [2.24, 2.45) is 5.41 Å². The second-order valence-corrected chi connectivity index (χ2v) is 3.75. The van der Waals surface area contributed by atoms with E-state index in [0.717, 1.165) is 0 Å². The minimum Gasteiger partial charge on any atom is -0.481 e. The average Bonchev–Trinajstić information content (AvgIpc) is 2.14. The van der Waals surface area contributed by atoms with E-state index in [9.17, 15) is 9.59 Å². The van der Waals surface area contributed by atoms with Crippen LogP contribution in [0.15, 0.2) is 0 Å². The van der Waals surface area contributed by atoms with Crippen molar-refractivity contribution in [2.75, 3.05) is 19.7 Å². The lowest BCUT2D eigenvalue weighted by Crippen LogP contribution is -2.43. The predicted octanol–water partition coefficient (Wildman–Crippen LogP) is -0.221. The van der Waals surface area contributed by atoms with Gasteiger partial charge in [-0.15, -0.1) is 0 Å². The fourth-order valence-electron chi connectivity index (χ4n) is 1.06. The van der Waals surface area contributed by atoms with Gasteiger partial charge in [-0.05, 0) is 6.92 Å². The summed E-state index contributed by atoms with van der Waals surface area (Å²) in [6.45, 7) is 3.73. The third kappa shape index (κ3) is 5.90. The summed E-state index contributed by atoms with van der Waals surface area (Å²) in [6.07, 6.45) is -0.185. The van der Waals surface area contributed by atoms with Gasteiger partial charge in [0.25, 0.3) is 0 Å². The first-order chi connectivity index (χ1) is 6.93. The first-order valence-electron chi connectivity index (χ1n) is 4.78. The fraction of sp³-hybridized carbons (Fsp3) is 0.778. The standard InChI is InChI=1S/C9H18N2O4/c1-3-10-8(15)11-5-9(2,6-12)4-7(13)14/h12H,3-6H2,1-2H3,(H,13,14)(H2,10,11,15). The molecule has 0 saturated carbocycles. The molecule has 0 aromatic carbocycles. The normalized spacial score (nSPS) is 14.1. The van der Waals surface area contributed by atoms with Gasteiger partial charge in [-0.1, -0.05) is 6.92 Å². The van der Waals surface area contributed by atoms with E-state index in [1.165, 1.54) is 0 Å². The first kappa shape index (κ1) is 13.7. The first-order valence-corrected chi connectivity index (χ1v) is 4.78. The highest BCUT2D eigenvalue weighted by molar-refractivity contribution is 5.74. The van der Waals surface area contributed by atoms with Crippen LogP contribution in [0.25, 0.3) is 0 Å². The van der Waals surface area contributed by atoms with Gasteiger partial charge >= 0.3 is 12.0 Å². The Bertz CT molecular complexity index is 232. The van der Waals surface area contributed by atoms with Crippen molar-refractivity contribution in [3.63, 3.8) is 0 Å². The molecular weight excluding hydrogens is 200 g/mol. The summed E-state index contributed by atoms with van der Waals surface area (Å²) in [5, 5.41) is 22.7. The molecule has 0 radical (unpaired) electrons. The lowest BCUT2D eigenvalue weighted by atomic mass is 9.88. The number of carboxylic acid groups (broad SMARTS) is 1. The summed E-state index contributed by atoms with van der Waals surface area (Å²) in [7, 11) is 0. The zero-order valence-corrected chi connectivity index (χ0v) is 9.04. The summed E-state index contributed by atoms with van der Waals surface area (Å²) >= 11 is 0. The summed E-state index contributed by atoms with van der Waals surface area (Å²) < 4.78 is 0. The third-order valence-corrected chi connectivity index (χ3v) is 1.97. The smallest absolute Gasteiger partial charge is 0.314 e. The predicted molar refractivity (Wildman–Crippen MR) is 54.5 cm³/mol.